The molecule has 1 aromatic heterocycles. The molecule has 1 heterocycles. The summed E-state index contributed by atoms with van der Waals surface area (Å²) < 4.78 is 10.4. The van der Waals surface area contributed by atoms with Gasteiger partial charge >= 0.3 is 5.97 Å². The molecule has 0 unspecified atom stereocenters. The Hall–Kier alpha value is -2.92. The van der Waals surface area contributed by atoms with Crippen molar-refractivity contribution in [2.45, 2.75) is 13.8 Å². The van der Waals surface area contributed by atoms with Crippen LogP contribution in [0.25, 0.3) is 11.0 Å². The number of halogens is 1. The number of Topliss-reactive ketones (excluding diaryl/α,β-unsaturated/α-hetero) is 1. The summed E-state index contributed by atoms with van der Waals surface area (Å²) >= 11 is 5.85. The SMILES string of the molecule is Cc1ccc(C(=O)COC(=O)c2cc(=O)c3cc(Cl)ccc3o2)cc1C. The van der Waals surface area contributed by atoms with Crippen LogP contribution in [0.5, 0.6) is 0 Å². The molecular formula is C20H15ClO5. The van der Waals surface area contributed by atoms with E-state index in [0.29, 0.717) is 10.6 Å². The Morgan fingerprint density at radius 1 is 1.04 bits per heavy atom. The van der Waals surface area contributed by atoms with Crippen LogP contribution in [0.1, 0.15) is 32.0 Å². The fourth-order valence-corrected chi connectivity index (χ4v) is 2.60. The van der Waals surface area contributed by atoms with Crippen molar-refractivity contribution >= 4 is 34.3 Å². The molecule has 0 spiro atoms. The summed E-state index contributed by atoms with van der Waals surface area (Å²) in [5.74, 6) is -1.48. The molecule has 0 radical (unpaired) electrons. The monoisotopic (exact) mass is 370 g/mol. The summed E-state index contributed by atoms with van der Waals surface area (Å²) in [6, 6.07) is 10.8. The van der Waals surface area contributed by atoms with Gasteiger partial charge in [-0.25, -0.2) is 4.79 Å². The maximum atomic E-state index is 12.2. The lowest BCUT2D eigenvalue weighted by molar-refractivity contribution is 0.0444. The van der Waals surface area contributed by atoms with Crippen LogP contribution >= 0.6 is 11.6 Å². The highest BCUT2D eigenvalue weighted by Gasteiger charge is 2.16. The number of ketones is 1. The smallest absolute Gasteiger partial charge is 0.374 e. The molecule has 132 valence electrons. The first-order chi connectivity index (χ1) is 12.3. The molecule has 3 rings (SSSR count). The molecule has 3 aromatic rings. The van der Waals surface area contributed by atoms with Gasteiger partial charge < -0.3 is 9.15 Å². The Labute approximate surface area is 154 Å². The van der Waals surface area contributed by atoms with Crippen molar-refractivity contribution < 1.29 is 18.7 Å². The molecule has 0 aliphatic rings. The summed E-state index contributed by atoms with van der Waals surface area (Å²) in [5.41, 5.74) is 2.30. The highest BCUT2D eigenvalue weighted by molar-refractivity contribution is 6.31. The van der Waals surface area contributed by atoms with E-state index in [-0.39, 0.29) is 22.5 Å². The highest BCUT2D eigenvalue weighted by atomic mass is 35.5. The molecule has 0 atom stereocenters. The Balaban J connectivity index is 1.76. The third-order valence-electron chi connectivity index (χ3n) is 4.05. The van der Waals surface area contributed by atoms with Crippen LogP contribution in [0.4, 0.5) is 0 Å². The summed E-state index contributed by atoms with van der Waals surface area (Å²) in [5, 5.41) is 0.652. The zero-order valence-corrected chi connectivity index (χ0v) is 14.9. The summed E-state index contributed by atoms with van der Waals surface area (Å²) in [6.07, 6.45) is 0. The van der Waals surface area contributed by atoms with Crippen molar-refractivity contribution in [3.63, 3.8) is 0 Å². The van der Waals surface area contributed by atoms with Gasteiger partial charge in [0.2, 0.25) is 5.76 Å². The van der Waals surface area contributed by atoms with Gasteiger partial charge in [0.1, 0.15) is 5.58 Å². The van der Waals surface area contributed by atoms with Crippen molar-refractivity contribution in [3.8, 4) is 0 Å². The molecule has 0 saturated heterocycles. The number of rotatable bonds is 4. The summed E-state index contributed by atoms with van der Waals surface area (Å²) in [4.78, 5) is 36.4. The van der Waals surface area contributed by atoms with Gasteiger partial charge in [-0.15, -0.1) is 0 Å². The van der Waals surface area contributed by atoms with E-state index >= 15 is 0 Å². The van der Waals surface area contributed by atoms with Crippen LogP contribution in [-0.2, 0) is 4.74 Å². The molecule has 26 heavy (non-hydrogen) atoms. The van der Waals surface area contributed by atoms with Crippen LogP contribution in [0.15, 0.2) is 51.7 Å². The van der Waals surface area contributed by atoms with E-state index in [2.05, 4.69) is 0 Å². The largest absolute Gasteiger partial charge is 0.451 e. The van der Waals surface area contributed by atoms with E-state index in [9.17, 15) is 14.4 Å². The lowest BCUT2D eigenvalue weighted by Crippen LogP contribution is -2.16. The van der Waals surface area contributed by atoms with Crippen molar-refractivity contribution in [2.75, 3.05) is 6.61 Å². The predicted molar refractivity (Wildman–Crippen MR) is 98.0 cm³/mol. The van der Waals surface area contributed by atoms with Crippen LogP contribution in [0, 0.1) is 13.8 Å². The number of hydrogen-bond donors (Lipinski definition) is 0. The van der Waals surface area contributed by atoms with Gasteiger partial charge in [-0.05, 0) is 49.2 Å². The summed E-state index contributed by atoms with van der Waals surface area (Å²) in [6.45, 7) is 3.40. The molecule has 0 fully saturated rings. The molecule has 0 aliphatic heterocycles. The zero-order valence-electron chi connectivity index (χ0n) is 14.2. The first-order valence-corrected chi connectivity index (χ1v) is 8.24. The average Bonchev–Trinajstić information content (AvgIpc) is 2.62. The molecule has 0 amide bonds. The van der Waals surface area contributed by atoms with Crippen molar-refractivity contribution in [3.05, 3.63) is 80.2 Å². The van der Waals surface area contributed by atoms with Gasteiger partial charge in [0, 0.05) is 16.7 Å². The second-order valence-electron chi connectivity index (χ2n) is 5.91. The number of aryl methyl sites for hydroxylation is 2. The van der Waals surface area contributed by atoms with Crippen LogP contribution in [-0.4, -0.2) is 18.4 Å². The normalized spacial score (nSPS) is 10.7. The van der Waals surface area contributed by atoms with Gasteiger partial charge in [0.25, 0.3) is 0 Å². The van der Waals surface area contributed by atoms with Gasteiger partial charge in [-0.3, -0.25) is 9.59 Å². The fraction of sp³-hybridized carbons (Fsp3) is 0.150. The lowest BCUT2D eigenvalue weighted by atomic mass is 10.0. The topological polar surface area (TPSA) is 73.6 Å². The molecule has 0 bridgehead atoms. The lowest BCUT2D eigenvalue weighted by Gasteiger charge is -2.06. The van der Waals surface area contributed by atoms with Gasteiger partial charge in [0.15, 0.2) is 17.8 Å². The third-order valence-corrected chi connectivity index (χ3v) is 4.29. The van der Waals surface area contributed by atoms with E-state index in [4.69, 9.17) is 20.8 Å². The molecule has 2 aromatic carbocycles. The Morgan fingerprint density at radius 3 is 2.54 bits per heavy atom. The van der Waals surface area contributed by atoms with E-state index in [1.807, 2.05) is 19.9 Å². The minimum absolute atomic E-state index is 0.217. The maximum absolute atomic E-state index is 12.2. The average molecular weight is 371 g/mol. The molecule has 0 aliphatic carbocycles. The van der Waals surface area contributed by atoms with Crippen molar-refractivity contribution in [1.82, 2.24) is 0 Å². The van der Waals surface area contributed by atoms with E-state index in [1.54, 1.807) is 18.2 Å². The van der Waals surface area contributed by atoms with Crippen LogP contribution in [0.3, 0.4) is 0 Å². The standard InChI is InChI=1S/C20H15ClO5/c1-11-3-4-13(7-12(11)2)17(23)10-25-20(24)19-9-16(22)15-8-14(21)5-6-18(15)26-19/h3-9H,10H2,1-2H3. The van der Waals surface area contributed by atoms with Crippen LogP contribution in [0.2, 0.25) is 5.02 Å². The number of hydrogen-bond acceptors (Lipinski definition) is 5. The number of carbonyl (C=O) groups excluding carboxylic acids is 2. The molecule has 0 saturated carbocycles. The minimum Gasteiger partial charge on any atom is -0.451 e. The highest BCUT2D eigenvalue weighted by Crippen LogP contribution is 2.18. The van der Waals surface area contributed by atoms with Gasteiger partial charge in [-0.1, -0.05) is 23.7 Å². The first-order valence-electron chi connectivity index (χ1n) is 7.86. The second kappa shape index (κ2) is 7.14. The minimum atomic E-state index is -0.879. The van der Waals surface area contributed by atoms with E-state index in [0.717, 1.165) is 17.2 Å². The quantitative estimate of drug-likeness (QED) is 0.510. The zero-order chi connectivity index (χ0) is 18.8. The Bertz CT molecular complexity index is 1080. The molecular weight excluding hydrogens is 356 g/mol. The second-order valence-corrected chi connectivity index (χ2v) is 6.35. The van der Waals surface area contributed by atoms with Crippen molar-refractivity contribution in [2.24, 2.45) is 0 Å². The fourth-order valence-electron chi connectivity index (χ4n) is 2.43. The van der Waals surface area contributed by atoms with Crippen molar-refractivity contribution in [1.29, 1.82) is 0 Å². The van der Waals surface area contributed by atoms with E-state index < -0.39 is 18.0 Å². The number of benzene rings is 2. The van der Waals surface area contributed by atoms with E-state index in [1.165, 1.54) is 12.1 Å². The number of fused-ring (bicyclic) bond motifs is 1. The molecule has 0 N–H and O–H groups in total. The number of carbonyl (C=O) groups is 2. The maximum Gasteiger partial charge on any atom is 0.374 e. The first kappa shape index (κ1) is 17.9. The predicted octanol–water partition coefficient (Wildman–Crippen LogP) is 4.10. The number of esters is 1. The third kappa shape index (κ3) is 3.68. The Kier molecular flexibility index (Phi) is 4.91. The number of ether oxygens (including phenoxy) is 1. The van der Waals surface area contributed by atoms with Gasteiger partial charge in [-0.2, -0.15) is 0 Å². The van der Waals surface area contributed by atoms with Crippen LogP contribution < -0.4 is 5.43 Å². The Morgan fingerprint density at radius 2 is 1.81 bits per heavy atom. The molecule has 6 heteroatoms. The van der Waals surface area contributed by atoms with Gasteiger partial charge in [0.05, 0.1) is 5.39 Å². The molecule has 5 nitrogen and oxygen atoms in total. The summed E-state index contributed by atoms with van der Waals surface area (Å²) in [7, 11) is 0.